The number of aliphatic hydroxyl groups is 2. The lowest BCUT2D eigenvalue weighted by Gasteiger charge is -2.12. The van der Waals surface area contributed by atoms with Crippen LogP contribution in [-0.4, -0.2) is 39.7 Å². The fourth-order valence-corrected chi connectivity index (χ4v) is 1.76. The molecule has 0 spiro atoms. The summed E-state index contributed by atoms with van der Waals surface area (Å²) in [5, 5.41) is 27.5. The molecule has 0 amide bonds. The van der Waals surface area contributed by atoms with Crippen molar-refractivity contribution in [2.45, 2.75) is 0 Å². The molecule has 1 aliphatic heterocycles. The van der Waals surface area contributed by atoms with E-state index in [1.807, 2.05) is 36.5 Å². The van der Waals surface area contributed by atoms with Gasteiger partial charge in [-0.2, -0.15) is 4.99 Å². The number of H-pyrrole nitrogens is 1. The second kappa shape index (κ2) is 7.46. The summed E-state index contributed by atoms with van der Waals surface area (Å²) in [6.07, 6.45) is 4.67. The zero-order valence-electron chi connectivity index (χ0n) is 11.2. The lowest BCUT2D eigenvalue weighted by Crippen LogP contribution is -3.03. The number of aliphatic hydroxyl groups excluding tert-OH is 2. The summed E-state index contributed by atoms with van der Waals surface area (Å²) in [4.78, 5) is 10.8. The number of aliphatic imine (C=N–C) groups is 1. The minimum absolute atomic E-state index is 0.197. The van der Waals surface area contributed by atoms with Crippen LogP contribution in [0.3, 0.4) is 0 Å². The van der Waals surface area contributed by atoms with Crippen molar-refractivity contribution in [3.05, 3.63) is 59.3 Å². The van der Waals surface area contributed by atoms with Crippen molar-refractivity contribution in [2.24, 2.45) is 4.99 Å². The van der Waals surface area contributed by atoms with Gasteiger partial charge < -0.3 is 20.4 Å². The second-order valence-corrected chi connectivity index (χ2v) is 4.17. The first-order valence-electron chi connectivity index (χ1n) is 6.33. The molecule has 1 aromatic carbocycles. The maximum Gasteiger partial charge on any atom is 0.193 e. The van der Waals surface area contributed by atoms with Gasteiger partial charge in [-0.25, -0.2) is 4.98 Å². The van der Waals surface area contributed by atoms with Crippen LogP contribution in [-0.2, 0) is 0 Å². The summed E-state index contributed by atoms with van der Waals surface area (Å²) in [6.45, 7) is -0.646. The Morgan fingerprint density at radius 2 is 1.90 bits per heavy atom. The minimum Gasteiger partial charge on any atom is -0.623 e. The molecule has 0 radical (unpaired) electrons. The van der Waals surface area contributed by atoms with E-state index in [4.69, 9.17) is 10.2 Å². The van der Waals surface area contributed by atoms with Crippen LogP contribution >= 0.6 is 0 Å². The number of rotatable bonds is 3. The number of imidazole rings is 1. The van der Waals surface area contributed by atoms with Crippen LogP contribution in [0, 0.1) is 5.21 Å². The average molecular weight is 288 g/mol. The van der Waals surface area contributed by atoms with E-state index in [2.05, 4.69) is 15.0 Å². The highest BCUT2D eigenvalue weighted by Gasteiger charge is 2.16. The summed E-state index contributed by atoms with van der Waals surface area (Å²) in [5.74, 6) is 0.922. The molecular weight excluding hydrogens is 272 g/mol. The molecule has 7 nitrogen and oxygen atoms in total. The number of hydrogen-bond donors (Lipinski definition) is 4. The predicted molar refractivity (Wildman–Crippen MR) is 78.0 cm³/mol. The summed E-state index contributed by atoms with van der Waals surface area (Å²) >= 11 is 0. The Labute approximate surface area is 121 Å². The maximum absolute atomic E-state index is 10.7. The summed E-state index contributed by atoms with van der Waals surface area (Å²) in [6, 6.07) is 10.0. The van der Waals surface area contributed by atoms with Crippen LogP contribution in [0.25, 0.3) is 11.4 Å². The topological polar surface area (TPSA) is 109 Å². The number of quaternary nitrogens is 1. The van der Waals surface area contributed by atoms with Gasteiger partial charge in [-0.3, -0.25) is 5.06 Å². The van der Waals surface area contributed by atoms with Gasteiger partial charge >= 0.3 is 0 Å². The molecule has 1 atom stereocenters. The van der Waals surface area contributed by atoms with Crippen molar-refractivity contribution < 1.29 is 15.3 Å². The largest absolute Gasteiger partial charge is 0.623 e. The van der Waals surface area contributed by atoms with Gasteiger partial charge in [0.1, 0.15) is 18.1 Å². The molecule has 0 saturated carbocycles. The molecule has 0 bridgehead atoms. The van der Waals surface area contributed by atoms with Gasteiger partial charge in [-0.05, 0) is 0 Å². The predicted octanol–water partition coefficient (Wildman–Crippen LogP) is -0.316. The smallest absolute Gasteiger partial charge is 0.193 e. The highest BCUT2D eigenvalue weighted by molar-refractivity contribution is 5.54. The van der Waals surface area contributed by atoms with Crippen LogP contribution in [0.2, 0.25) is 0 Å². The zero-order valence-corrected chi connectivity index (χ0v) is 11.2. The van der Waals surface area contributed by atoms with E-state index < -0.39 is 0 Å². The minimum atomic E-state index is -0.352. The van der Waals surface area contributed by atoms with Gasteiger partial charge in [-0.15, -0.1) is 0 Å². The Hall–Kier alpha value is -2.32. The number of benzene rings is 1. The van der Waals surface area contributed by atoms with Crippen LogP contribution in [0.4, 0.5) is 0 Å². The van der Waals surface area contributed by atoms with Crippen LogP contribution in [0.15, 0.2) is 59.1 Å². The molecule has 2 heterocycles. The summed E-state index contributed by atoms with van der Waals surface area (Å²) < 4.78 is 0. The van der Waals surface area contributed by atoms with Crippen LogP contribution in [0.1, 0.15) is 0 Å². The highest BCUT2D eigenvalue weighted by Crippen LogP contribution is 2.11. The van der Waals surface area contributed by atoms with Crippen molar-refractivity contribution in [1.82, 2.24) is 9.97 Å². The molecule has 0 fully saturated rings. The van der Waals surface area contributed by atoms with Crippen molar-refractivity contribution in [3.63, 3.8) is 0 Å². The molecule has 1 unspecified atom stereocenters. The Morgan fingerprint density at radius 1 is 1.14 bits per heavy atom. The number of nitrogens with zero attached hydrogens (tertiary/aromatic N) is 2. The third-order valence-electron chi connectivity index (χ3n) is 2.84. The molecule has 1 aromatic heterocycles. The van der Waals surface area contributed by atoms with E-state index in [9.17, 15) is 5.21 Å². The molecule has 4 N–H and O–H groups in total. The van der Waals surface area contributed by atoms with E-state index in [0.29, 0.717) is 0 Å². The molecule has 1 aliphatic rings. The van der Waals surface area contributed by atoms with E-state index in [1.165, 1.54) is 0 Å². The SMILES string of the molecule is [O-][NH+]1C=NC(CO)=C1CO.c1ccc(-c2ncc[nH]2)cc1. The van der Waals surface area contributed by atoms with Gasteiger partial charge in [0.2, 0.25) is 0 Å². The van der Waals surface area contributed by atoms with Crippen molar-refractivity contribution in [1.29, 1.82) is 0 Å². The van der Waals surface area contributed by atoms with Crippen molar-refractivity contribution in [2.75, 3.05) is 13.2 Å². The Bertz CT molecular complexity index is 608. The van der Waals surface area contributed by atoms with Crippen molar-refractivity contribution >= 4 is 6.34 Å². The number of hydrogen-bond acceptors (Lipinski definition) is 5. The van der Waals surface area contributed by atoms with E-state index in [1.54, 1.807) is 6.20 Å². The molecule has 110 valence electrons. The fourth-order valence-electron chi connectivity index (χ4n) is 1.76. The van der Waals surface area contributed by atoms with E-state index in [0.717, 1.165) is 17.7 Å². The third-order valence-corrected chi connectivity index (χ3v) is 2.84. The summed E-state index contributed by atoms with van der Waals surface area (Å²) in [7, 11) is 0. The van der Waals surface area contributed by atoms with Gasteiger partial charge in [0.25, 0.3) is 0 Å². The lowest BCUT2D eigenvalue weighted by atomic mass is 10.2. The van der Waals surface area contributed by atoms with Gasteiger partial charge in [0, 0.05) is 18.0 Å². The quantitative estimate of drug-likeness (QED) is 0.580. The Morgan fingerprint density at radius 3 is 2.43 bits per heavy atom. The normalized spacial score (nSPS) is 16.8. The standard InChI is InChI=1S/C9H8N2.C5H8N2O3/c1-2-4-8(5-3-1)9-10-6-7-11-9;8-1-4-5(2-9)7(10)3-6-4/h1-7H,(H,10,11);3,7-9H,1-2H2. The number of aromatic nitrogens is 2. The second-order valence-electron chi connectivity index (χ2n) is 4.17. The van der Waals surface area contributed by atoms with Crippen LogP contribution in [0.5, 0.6) is 0 Å². The monoisotopic (exact) mass is 288 g/mol. The molecule has 3 rings (SSSR count). The van der Waals surface area contributed by atoms with Gasteiger partial charge in [-0.1, -0.05) is 30.3 Å². The van der Waals surface area contributed by atoms with Crippen molar-refractivity contribution in [3.8, 4) is 11.4 Å². The average Bonchev–Trinajstić information content (AvgIpc) is 3.18. The zero-order chi connectivity index (χ0) is 15.1. The highest BCUT2D eigenvalue weighted by atomic mass is 16.5. The van der Waals surface area contributed by atoms with E-state index in [-0.39, 0.29) is 29.7 Å². The Kier molecular flexibility index (Phi) is 5.35. The maximum atomic E-state index is 10.7. The third kappa shape index (κ3) is 3.83. The first-order chi connectivity index (χ1) is 10.3. The molecule has 0 aliphatic carbocycles. The number of nitrogens with one attached hydrogen (secondary N) is 2. The first kappa shape index (κ1) is 15.1. The molecule has 7 heteroatoms. The molecule has 0 saturated heterocycles. The van der Waals surface area contributed by atoms with Crippen LogP contribution < -0.4 is 5.06 Å². The first-order valence-corrected chi connectivity index (χ1v) is 6.33. The van der Waals surface area contributed by atoms with E-state index >= 15 is 0 Å². The molecule has 21 heavy (non-hydrogen) atoms. The van der Waals surface area contributed by atoms with Gasteiger partial charge in [0.05, 0.1) is 6.61 Å². The lowest BCUT2D eigenvalue weighted by molar-refractivity contribution is -0.692. The number of hydroxylamine groups is 2. The number of aromatic amines is 1. The Balaban J connectivity index is 0.000000155. The molecule has 2 aromatic rings. The molecular formula is C14H16N4O3. The van der Waals surface area contributed by atoms with Gasteiger partial charge in [0.15, 0.2) is 12.0 Å². The fraction of sp³-hybridized carbons (Fsp3) is 0.143. The summed E-state index contributed by atoms with van der Waals surface area (Å²) in [5.41, 5.74) is 1.59.